The highest BCUT2D eigenvalue weighted by atomic mass is 16.3. The summed E-state index contributed by atoms with van der Waals surface area (Å²) in [5, 5.41) is 22.1. The zero-order valence-corrected chi connectivity index (χ0v) is 12.7. The maximum absolute atomic E-state index is 12.1. The molecule has 1 aromatic carbocycles. The Kier molecular flexibility index (Phi) is 5.07. The van der Waals surface area contributed by atoms with E-state index in [-0.39, 0.29) is 17.1 Å². The minimum Gasteiger partial charge on any atom is -0.507 e. The molecule has 1 amide bonds. The normalized spacial score (nSPS) is 19.1. The molecule has 1 aliphatic heterocycles. The number of aromatic hydroxyl groups is 2. The SMILES string of the molecule is CC(C)CN1CCC(CNC(=O)c2c(O)cccc2O)C1. The smallest absolute Gasteiger partial charge is 0.258 e. The van der Waals surface area contributed by atoms with Crippen LogP contribution in [0.25, 0.3) is 0 Å². The Morgan fingerprint density at radius 2 is 2.05 bits per heavy atom. The van der Waals surface area contributed by atoms with Gasteiger partial charge in [-0.25, -0.2) is 0 Å². The van der Waals surface area contributed by atoms with Crippen molar-refractivity contribution in [2.75, 3.05) is 26.2 Å². The van der Waals surface area contributed by atoms with E-state index in [4.69, 9.17) is 0 Å². The number of amides is 1. The summed E-state index contributed by atoms with van der Waals surface area (Å²) in [7, 11) is 0. The number of nitrogens with zero attached hydrogens (tertiary/aromatic N) is 1. The van der Waals surface area contributed by atoms with Gasteiger partial charge < -0.3 is 20.4 Å². The van der Waals surface area contributed by atoms with Gasteiger partial charge >= 0.3 is 0 Å². The van der Waals surface area contributed by atoms with Crippen LogP contribution < -0.4 is 5.32 Å². The van der Waals surface area contributed by atoms with Crippen LogP contribution in [-0.4, -0.2) is 47.2 Å². The molecule has 0 aliphatic carbocycles. The Morgan fingerprint density at radius 1 is 1.38 bits per heavy atom. The van der Waals surface area contributed by atoms with Crippen LogP contribution in [0.15, 0.2) is 18.2 Å². The van der Waals surface area contributed by atoms with Crippen molar-refractivity contribution >= 4 is 5.91 Å². The number of likely N-dealkylation sites (tertiary alicyclic amines) is 1. The van der Waals surface area contributed by atoms with Crippen molar-refractivity contribution in [1.29, 1.82) is 0 Å². The summed E-state index contributed by atoms with van der Waals surface area (Å²) in [6.07, 6.45) is 1.07. The Labute approximate surface area is 125 Å². The Hall–Kier alpha value is -1.75. The molecule has 5 heteroatoms. The minimum atomic E-state index is -0.423. The first kappa shape index (κ1) is 15.6. The molecule has 1 unspecified atom stereocenters. The van der Waals surface area contributed by atoms with Crippen molar-refractivity contribution in [3.63, 3.8) is 0 Å². The van der Waals surface area contributed by atoms with Gasteiger partial charge in [-0.05, 0) is 36.9 Å². The number of benzene rings is 1. The lowest BCUT2D eigenvalue weighted by Crippen LogP contribution is -2.32. The first-order valence-corrected chi connectivity index (χ1v) is 7.49. The molecule has 1 heterocycles. The van der Waals surface area contributed by atoms with Crippen LogP contribution in [0.2, 0.25) is 0 Å². The third-order valence-electron chi connectivity index (χ3n) is 3.79. The van der Waals surface area contributed by atoms with Crippen LogP contribution in [0, 0.1) is 11.8 Å². The van der Waals surface area contributed by atoms with Crippen molar-refractivity contribution in [2.45, 2.75) is 20.3 Å². The van der Waals surface area contributed by atoms with E-state index >= 15 is 0 Å². The second kappa shape index (κ2) is 6.80. The molecule has 1 aromatic rings. The lowest BCUT2D eigenvalue weighted by molar-refractivity contribution is 0.0941. The van der Waals surface area contributed by atoms with Crippen LogP contribution in [0.4, 0.5) is 0 Å². The molecule has 5 nitrogen and oxygen atoms in total. The van der Waals surface area contributed by atoms with Crippen molar-refractivity contribution in [3.05, 3.63) is 23.8 Å². The van der Waals surface area contributed by atoms with Gasteiger partial charge in [-0.15, -0.1) is 0 Å². The molecule has 3 N–H and O–H groups in total. The van der Waals surface area contributed by atoms with Crippen LogP contribution in [0.5, 0.6) is 11.5 Å². The molecule has 0 bridgehead atoms. The van der Waals surface area contributed by atoms with Crippen LogP contribution in [0.1, 0.15) is 30.6 Å². The van der Waals surface area contributed by atoms with E-state index in [2.05, 4.69) is 24.1 Å². The molecule has 1 aliphatic rings. The van der Waals surface area contributed by atoms with Gasteiger partial charge in [-0.2, -0.15) is 0 Å². The van der Waals surface area contributed by atoms with Crippen LogP contribution in [0.3, 0.4) is 0 Å². The Balaban J connectivity index is 1.85. The predicted octanol–water partition coefficient (Wildman–Crippen LogP) is 1.81. The Morgan fingerprint density at radius 3 is 2.67 bits per heavy atom. The monoisotopic (exact) mass is 292 g/mol. The second-order valence-electron chi connectivity index (χ2n) is 6.19. The molecule has 1 saturated heterocycles. The van der Waals surface area contributed by atoms with Gasteiger partial charge in [0.25, 0.3) is 5.91 Å². The van der Waals surface area contributed by atoms with Gasteiger partial charge in [0, 0.05) is 19.6 Å². The molecule has 1 atom stereocenters. The number of phenolic OH excluding ortho intramolecular Hbond substituents is 2. The Bertz CT molecular complexity index is 482. The van der Waals surface area contributed by atoms with Crippen LogP contribution >= 0.6 is 0 Å². The highest BCUT2D eigenvalue weighted by Gasteiger charge is 2.24. The van der Waals surface area contributed by atoms with Crippen LogP contribution in [-0.2, 0) is 0 Å². The van der Waals surface area contributed by atoms with E-state index < -0.39 is 5.91 Å². The zero-order chi connectivity index (χ0) is 15.4. The fraction of sp³-hybridized carbons (Fsp3) is 0.562. The van der Waals surface area contributed by atoms with Gasteiger partial charge in [0.2, 0.25) is 0 Å². The van der Waals surface area contributed by atoms with Gasteiger partial charge in [0.05, 0.1) is 0 Å². The molecule has 0 spiro atoms. The highest BCUT2D eigenvalue weighted by Crippen LogP contribution is 2.26. The predicted molar refractivity (Wildman–Crippen MR) is 81.5 cm³/mol. The fourth-order valence-electron chi connectivity index (χ4n) is 2.85. The molecule has 0 aromatic heterocycles. The van der Waals surface area contributed by atoms with E-state index in [9.17, 15) is 15.0 Å². The topological polar surface area (TPSA) is 72.8 Å². The number of phenols is 2. The van der Waals surface area contributed by atoms with E-state index in [1.807, 2.05) is 0 Å². The first-order chi connectivity index (χ1) is 9.97. The fourth-order valence-corrected chi connectivity index (χ4v) is 2.85. The largest absolute Gasteiger partial charge is 0.507 e. The summed E-state index contributed by atoms with van der Waals surface area (Å²) in [4.78, 5) is 14.5. The average Bonchev–Trinajstić information content (AvgIpc) is 2.83. The minimum absolute atomic E-state index is 0.0467. The maximum atomic E-state index is 12.1. The average molecular weight is 292 g/mol. The second-order valence-corrected chi connectivity index (χ2v) is 6.19. The number of hydrogen-bond donors (Lipinski definition) is 3. The standard InChI is InChI=1S/C16H24N2O3/c1-11(2)9-18-7-6-12(10-18)8-17-16(21)15-13(19)4-3-5-14(15)20/h3-5,11-12,19-20H,6-10H2,1-2H3,(H,17,21). The van der Waals surface area contributed by atoms with E-state index in [1.165, 1.54) is 18.2 Å². The molecule has 21 heavy (non-hydrogen) atoms. The number of carbonyl (C=O) groups excluding carboxylic acids is 1. The number of hydrogen-bond acceptors (Lipinski definition) is 4. The molecular formula is C16H24N2O3. The van der Waals surface area contributed by atoms with E-state index in [0.29, 0.717) is 18.4 Å². The molecule has 2 rings (SSSR count). The number of carbonyl (C=O) groups is 1. The van der Waals surface area contributed by atoms with Crippen molar-refractivity contribution in [3.8, 4) is 11.5 Å². The van der Waals surface area contributed by atoms with Crippen molar-refractivity contribution in [1.82, 2.24) is 10.2 Å². The quantitative estimate of drug-likeness (QED) is 0.774. The zero-order valence-electron chi connectivity index (χ0n) is 12.7. The molecule has 0 saturated carbocycles. The summed E-state index contributed by atoms with van der Waals surface area (Å²) in [5.74, 6) is 0.269. The highest BCUT2D eigenvalue weighted by molar-refractivity contribution is 5.99. The summed E-state index contributed by atoms with van der Waals surface area (Å²) in [5.41, 5.74) is -0.0467. The summed E-state index contributed by atoms with van der Waals surface area (Å²) < 4.78 is 0. The molecule has 0 radical (unpaired) electrons. The lowest BCUT2D eigenvalue weighted by Gasteiger charge is -2.18. The van der Waals surface area contributed by atoms with Crippen molar-refractivity contribution in [2.24, 2.45) is 11.8 Å². The van der Waals surface area contributed by atoms with Gasteiger partial charge in [-0.1, -0.05) is 19.9 Å². The summed E-state index contributed by atoms with van der Waals surface area (Å²) >= 11 is 0. The maximum Gasteiger partial charge on any atom is 0.258 e. The first-order valence-electron chi connectivity index (χ1n) is 7.49. The lowest BCUT2D eigenvalue weighted by atomic mass is 10.1. The third kappa shape index (κ3) is 4.11. The number of rotatable bonds is 5. The summed E-state index contributed by atoms with van der Waals surface area (Å²) in [6.45, 7) is 8.13. The third-order valence-corrected chi connectivity index (χ3v) is 3.79. The van der Waals surface area contributed by atoms with Crippen molar-refractivity contribution < 1.29 is 15.0 Å². The molecule has 116 valence electrons. The van der Waals surface area contributed by atoms with E-state index in [1.54, 1.807) is 0 Å². The van der Waals surface area contributed by atoms with Gasteiger partial charge in [-0.3, -0.25) is 4.79 Å². The number of nitrogens with one attached hydrogen (secondary N) is 1. The van der Waals surface area contributed by atoms with E-state index in [0.717, 1.165) is 26.1 Å². The van der Waals surface area contributed by atoms with Gasteiger partial charge in [0.1, 0.15) is 17.1 Å². The summed E-state index contributed by atoms with van der Waals surface area (Å²) in [6, 6.07) is 4.30. The molecule has 1 fully saturated rings. The van der Waals surface area contributed by atoms with Gasteiger partial charge in [0.15, 0.2) is 0 Å². The molecular weight excluding hydrogens is 268 g/mol.